The largest absolute Gasteiger partial charge is 0.267 e. The van der Waals surface area contributed by atoms with Gasteiger partial charge in [-0.2, -0.15) is 5.26 Å². The van der Waals surface area contributed by atoms with E-state index < -0.39 is 0 Å². The third kappa shape index (κ3) is 2.67. The van der Waals surface area contributed by atoms with E-state index in [1.54, 1.807) is 24.0 Å². The van der Waals surface area contributed by atoms with Crippen molar-refractivity contribution < 1.29 is 4.39 Å². The van der Waals surface area contributed by atoms with Crippen LogP contribution in [-0.4, -0.2) is 15.6 Å². The van der Waals surface area contributed by atoms with Crippen molar-refractivity contribution in [3.05, 3.63) is 70.7 Å². The van der Waals surface area contributed by atoms with Crippen LogP contribution in [0.5, 0.6) is 0 Å². The Balaban J connectivity index is 1.96. The first-order chi connectivity index (χ1) is 12.4. The van der Waals surface area contributed by atoms with Crippen molar-refractivity contribution in [1.29, 1.82) is 5.26 Å². The zero-order valence-corrected chi connectivity index (χ0v) is 15.5. The summed E-state index contributed by atoms with van der Waals surface area (Å²) in [4.78, 5) is 9.94. The van der Waals surface area contributed by atoms with E-state index in [2.05, 4.69) is 11.1 Å². The fraction of sp³-hybridized carbons (Fsp3) is 0.190. The minimum atomic E-state index is -0.363. The number of benzene rings is 2. The minimum Gasteiger partial charge on any atom is -0.267 e. The molecule has 1 aliphatic rings. The summed E-state index contributed by atoms with van der Waals surface area (Å²) in [7, 11) is 0. The molecule has 3 aromatic rings. The molecule has 0 bridgehead atoms. The average molecular weight is 361 g/mol. The number of hydrogen-bond donors (Lipinski definition) is 0. The number of aromatic nitrogens is 1. The van der Waals surface area contributed by atoms with Gasteiger partial charge in [0.25, 0.3) is 0 Å². The van der Waals surface area contributed by atoms with Gasteiger partial charge in [-0.1, -0.05) is 30.0 Å². The Morgan fingerprint density at radius 1 is 1.19 bits per heavy atom. The molecule has 3 nitrogen and oxygen atoms in total. The first kappa shape index (κ1) is 16.7. The summed E-state index contributed by atoms with van der Waals surface area (Å²) in [6, 6.07) is 12.9. The van der Waals surface area contributed by atoms with E-state index in [4.69, 9.17) is 4.99 Å². The standard InChI is InChI=1S/C21H16FN3S/c1-12-14(10-23)7-8-16-18(25-21(2,3)26-20(12)16)15-9-13-5-4-6-17(22)19(13)24-11-15/h4-9,11H,1-3H3. The van der Waals surface area contributed by atoms with Crippen LogP contribution < -0.4 is 0 Å². The van der Waals surface area contributed by atoms with Crippen LogP contribution >= 0.6 is 11.8 Å². The summed E-state index contributed by atoms with van der Waals surface area (Å²) in [6.07, 6.45) is 1.67. The van der Waals surface area contributed by atoms with Crippen molar-refractivity contribution in [2.45, 2.75) is 30.5 Å². The monoisotopic (exact) mass is 361 g/mol. The lowest BCUT2D eigenvalue weighted by atomic mass is 9.97. The molecule has 128 valence electrons. The maximum atomic E-state index is 13.9. The van der Waals surface area contributed by atoms with E-state index in [0.29, 0.717) is 11.1 Å². The fourth-order valence-electron chi connectivity index (χ4n) is 3.21. The highest BCUT2D eigenvalue weighted by Gasteiger charge is 2.30. The SMILES string of the molecule is Cc1c(C#N)ccc2c1SC(C)(C)N=C2c1cnc2c(F)cccc2c1. The Bertz CT molecular complexity index is 1130. The van der Waals surface area contributed by atoms with Gasteiger partial charge in [-0.05, 0) is 44.5 Å². The molecule has 5 heteroatoms. The molecule has 1 aliphatic heterocycles. The molecule has 0 atom stereocenters. The van der Waals surface area contributed by atoms with Gasteiger partial charge in [0.2, 0.25) is 0 Å². The zero-order valence-electron chi connectivity index (χ0n) is 14.7. The molecule has 4 rings (SSSR count). The average Bonchev–Trinajstić information content (AvgIpc) is 2.61. The Morgan fingerprint density at radius 2 is 2.00 bits per heavy atom. The minimum absolute atomic E-state index is 0.328. The third-order valence-corrected chi connectivity index (χ3v) is 5.77. The quantitative estimate of drug-likeness (QED) is 0.596. The number of pyridine rings is 1. The summed E-state index contributed by atoms with van der Waals surface area (Å²) in [5.41, 5.74) is 4.67. The van der Waals surface area contributed by atoms with Crippen LogP contribution in [0.25, 0.3) is 10.9 Å². The van der Waals surface area contributed by atoms with Crippen LogP contribution in [0, 0.1) is 24.1 Å². The Hall–Kier alpha value is -2.71. The molecule has 2 aromatic carbocycles. The van der Waals surface area contributed by atoms with Gasteiger partial charge in [-0.25, -0.2) is 4.39 Å². The predicted octanol–water partition coefficient (Wildman–Crippen LogP) is 5.23. The number of aliphatic imine (C=N–C) groups is 1. The maximum Gasteiger partial charge on any atom is 0.149 e. The van der Waals surface area contributed by atoms with E-state index in [1.165, 1.54) is 6.07 Å². The molecule has 26 heavy (non-hydrogen) atoms. The van der Waals surface area contributed by atoms with E-state index in [1.807, 2.05) is 45.0 Å². The van der Waals surface area contributed by atoms with Gasteiger partial charge in [0.1, 0.15) is 16.2 Å². The number of hydrogen-bond acceptors (Lipinski definition) is 4. The van der Waals surface area contributed by atoms with Crippen molar-refractivity contribution >= 4 is 28.4 Å². The molecule has 1 aromatic heterocycles. The summed E-state index contributed by atoms with van der Waals surface area (Å²) >= 11 is 1.66. The molecule has 0 N–H and O–H groups in total. The summed E-state index contributed by atoms with van der Waals surface area (Å²) in [6.45, 7) is 6.07. The lowest BCUT2D eigenvalue weighted by Crippen LogP contribution is -2.23. The molecule has 0 spiro atoms. The van der Waals surface area contributed by atoms with Gasteiger partial charge in [0, 0.05) is 27.6 Å². The molecule has 2 heterocycles. The molecule has 0 unspecified atom stereocenters. The second-order valence-corrected chi connectivity index (χ2v) is 8.38. The van der Waals surface area contributed by atoms with Crippen LogP contribution in [0.2, 0.25) is 0 Å². The van der Waals surface area contributed by atoms with Crippen LogP contribution in [-0.2, 0) is 0 Å². The smallest absolute Gasteiger partial charge is 0.149 e. The van der Waals surface area contributed by atoms with Crippen molar-refractivity contribution in [3.63, 3.8) is 0 Å². The lowest BCUT2D eigenvalue weighted by Gasteiger charge is -2.30. The van der Waals surface area contributed by atoms with Gasteiger partial charge in [0.05, 0.1) is 17.3 Å². The number of nitriles is 1. The normalized spacial score (nSPS) is 15.3. The molecule has 0 aliphatic carbocycles. The fourth-order valence-corrected chi connectivity index (χ4v) is 4.38. The van der Waals surface area contributed by atoms with Crippen LogP contribution in [0.3, 0.4) is 0 Å². The summed E-state index contributed by atoms with van der Waals surface area (Å²) < 4.78 is 13.9. The highest BCUT2D eigenvalue weighted by molar-refractivity contribution is 8.00. The first-order valence-corrected chi connectivity index (χ1v) is 9.09. The molecule has 0 saturated heterocycles. The summed E-state index contributed by atoms with van der Waals surface area (Å²) in [5, 5.41) is 10.1. The van der Waals surface area contributed by atoms with Gasteiger partial charge < -0.3 is 0 Å². The van der Waals surface area contributed by atoms with Crippen molar-refractivity contribution in [1.82, 2.24) is 4.98 Å². The first-order valence-electron chi connectivity index (χ1n) is 8.27. The second kappa shape index (κ2) is 5.93. The van der Waals surface area contributed by atoms with Crippen LogP contribution in [0.1, 0.15) is 36.1 Å². The van der Waals surface area contributed by atoms with E-state index in [9.17, 15) is 9.65 Å². The number of nitrogens with zero attached hydrogens (tertiary/aromatic N) is 3. The highest BCUT2D eigenvalue weighted by atomic mass is 32.2. The van der Waals surface area contributed by atoms with Gasteiger partial charge >= 0.3 is 0 Å². The number of rotatable bonds is 1. The third-order valence-electron chi connectivity index (χ3n) is 4.45. The summed E-state index contributed by atoms with van der Waals surface area (Å²) in [5.74, 6) is -0.328. The topological polar surface area (TPSA) is 49.0 Å². The molecule has 0 fully saturated rings. The van der Waals surface area contributed by atoms with Crippen molar-refractivity contribution in [3.8, 4) is 6.07 Å². The maximum absolute atomic E-state index is 13.9. The van der Waals surface area contributed by atoms with E-state index >= 15 is 0 Å². The molecule has 0 saturated carbocycles. The number of para-hydroxylation sites is 1. The van der Waals surface area contributed by atoms with Gasteiger partial charge in [-0.15, -0.1) is 0 Å². The van der Waals surface area contributed by atoms with Crippen LogP contribution in [0.4, 0.5) is 4.39 Å². The highest BCUT2D eigenvalue weighted by Crippen LogP contribution is 2.43. The van der Waals surface area contributed by atoms with Crippen molar-refractivity contribution in [2.24, 2.45) is 4.99 Å². The van der Waals surface area contributed by atoms with Crippen molar-refractivity contribution in [2.75, 3.05) is 0 Å². The van der Waals surface area contributed by atoms with Crippen LogP contribution in [0.15, 0.2) is 52.5 Å². The van der Waals surface area contributed by atoms with Gasteiger partial charge in [0.15, 0.2) is 0 Å². The number of halogens is 1. The molecule has 0 amide bonds. The molecular weight excluding hydrogens is 345 g/mol. The Labute approximate surface area is 155 Å². The number of fused-ring (bicyclic) bond motifs is 2. The van der Waals surface area contributed by atoms with E-state index in [0.717, 1.165) is 32.7 Å². The molecular formula is C21H16FN3S. The Morgan fingerprint density at radius 3 is 2.77 bits per heavy atom. The zero-order chi connectivity index (χ0) is 18.5. The number of thioether (sulfide) groups is 1. The van der Waals surface area contributed by atoms with E-state index in [-0.39, 0.29) is 10.7 Å². The second-order valence-electron chi connectivity index (χ2n) is 6.77. The molecule has 0 radical (unpaired) electrons. The Kier molecular flexibility index (Phi) is 3.82. The lowest BCUT2D eigenvalue weighted by molar-refractivity contribution is 0.637. The predicted molar refractivity (Wildman–Crippen MR) is 103 cm³/mol. The van der Waals surface area contributed by atoms with Gasteiger partial charge in [-0.3, -0.25) is 9.98 Å².